The number of esters is 1. The van der Waals surface area contributed by atoms with E-state index in [1.807, 2.05) is 19.1 Å². The molecule has 45 heavy (non-hydrogen) atoms. The van der Waals surface area contributed by atoms with Crippen molar-refractivity contribution in [3.05, 3.63) is 60.3 Å². The maximum atomic E-state index is 13.1. The van der Waals surface area contributed by atoms with Crippen LogP contribution in [0.2, 0.25) is 0 Å². The van der Waals surface area contributed by atoms with E-state index in [1.165, 1.54) is 25.9 Å². The van der Waals surface area contributed by atoms with Gasteiger partial charge in [-0.15, -0.1) is 0 Å². The molecule has 11 nitrogen and oxygen atoms in total. The topological polar surface area (TPSA) is 128 Å². The molecular formula is C34H46O11. The zero-order valence-electron chi connectivity index (χ0n) is 26.6. The molecule has 11 heteroatoms. The van der Waals surface area contributed by atoms with Gasteiger partial charge in [-0.1, -0.05) is 55.0 Å². The average molecular weight is 631 g/mol. The Labute approximate surface area is 265 Å². The van der Waals surface area contributed by atoms with Gasteiger partial charge >= 0.3 is 18.3 Å². The van der Waals surface area contributed by atoms with Crippen molar-refractivity contribution in [1.29, 1.82) is 0 Å². The molecule has 4 aliphatic heterocycles. The molecule has 4 rings (SSSR count). The number of fused-ring (bicyclic) bond motifs is 3. The number of rotatable bonds is 5. The minimum atomic E-state index is -1.01. The van der Waals surface area contributed by atoms with Crippen molar-refractivity contribution in [2.75, 3.05) is 20.8 Å². The van der Waals surface area contributed by atoms with Crippen molar-refractivity contribution >= 4 is 18.3 Å². The van der Waals surface area contributed by atoms with Gasteiger partial charge in [-0.2, -0.15) is 0 Å². The van der Waals surface area contributed by atoms with Gasteiger partial charge in [0.2, 0.25) is 0 Å². The van der Waals surface area contributed by atoms with E-state index >= 15 is 0 Å². The summed E-state index contributed by atoms with van der Waals surface area (Å²) in [5.74, 6) is -0.327. The molecule has 4 aliphatic rings. The largest absolute Gasteiger partial charge is 0.508 e. The lowest BCUT2D eigenvalue weighted by atomic mass is 9.90. The summed E-state index contributed by atoms with van der Waals surface area (Å²) in [7, 11) is 2.45. The van der Waals surface area contributed by atoms with E-state index in [2.05, 4.69) is 19.6 Å². The predicted octanol–water partition coefficient (Wildman–Crippen LogP) is 5.69. The summed E-state index contributed by atoms with van der Waals surface area (Å²) in [6.45, 7) is 8.90. The zero-order chi connectivity index (χ0) is 32.3. The highest BCUT2D eigenvalue weighted by Gasteiger charge is 2.49. The third-order valence-electron chi connectivity index (χ3n) is 8.21. The molecule has 0 aromatic carbocycles. The van der Waals surface area contributed by atoms with Gasteiger partial charge in [-0.25, -0.2) is 14.4 Å². The van der Waals surface area contributed by atoms with Gasteiger partial charge in [0, 0.05) is 18.9 Å². The third kappa shape index (κ3) is 11.2. The van der Waals surface area contributed by atoms with Gasteiger partial charge in [0.05, 0.1) is 45.2 Å². The lowest BCUT2D eigenvalue weighted by molar-refractivity contribution is -0.148. The summed E-state index contributed by atoms with van der Waals surface area (Å²) in [4.78, 5) is 37.6. The van der Waals surface area contributed by atoms with Gasteiger partial charge in [0.25, 0.3) is 0 Å². The molecule has 4 heterocycles. The molecule has 1 fully saturated rings. The van der Waals surface area contributed by atoms with Crippen LogP contribution in [0.4, 0.5) is 9.59 Å². The van der Waals surface area contributed by atoms with Gasteiger partial charge in [0.15, 0.2) is 6.10 Å². The number of cyclic esters (lactones) is 1. The van der Waals surface area contributed by atoms with Crippen LogP contribution in [0.1, 0.15) is 58.8 Å². The van der Waals surface area contributed by atoms with Crippen molar-refractivity contribution in [3.8, 4) is 0 Å². The van der Waals surface area contributed by atoms with E-state index in [-0.39, 0.29) is 30.7 Å². The van der Waals surface area contributed by atoms with Crippen LogP contribution in [0.3, 0.4) is 0 Å². The van der Waals surface area contributed by atoms with E-state index in [4.69, 9.17) is 37.9 Å². The molecule has 0 aromatic rings. The fourth-order valence-electron chi connectivity index (χ4n) is 5.97. The molecule has 0 saturated carbocycles. The Balaban J connectivity index is 1.59. The highest BCUT2D eigenvalue weighted by molar-refractivity contribution is 5.82. The third-order valence-corrected chi connectivity index (χ3v) is 8.21. The first-order valence-corrected chi connectivity index (χ1v) is 15.6. The molecule has 1 unspecified atom stereocenters. The standard InChI is InChI=1S/C34H46O11/c1-21-14-15-40-25(17-21)12-13-27(44-33(36)38-4)28-20-30-32(43-30)29(45-34(37)39-5)19-23(3)16-22(2)18-26-10-6-8-24(41-26)9-7-11-31(35)42-28/h6-8,11-14,22,24-30,32H,3,9-10,15-20H2,1-2,4-5H3/t22-,24-,25+,26-,27-,28-,29?,30-,32-/m0/s1. The lowest BCUT2D eigenvalue weighted by Gasteiger charge is -2.28. The van der Waals surface area contributed by atoms with Crippen LogP contribution in [0.5, 0.6) is 0 Å². The second-order valence-corrected chi connectivity index (χ2v) is 12.1. The molecule has 1 saturated heterocycles. The Kier molecular flexibility index (Phi) is 12.8. The molecule has 248 valence electrons. The van der Waals surface area contributed by atoms with Crippen LogP contribution in [-0.4, -0.2) is 87.9 Å². The summed E-state index contributed by atoms with van der Waals surface area (Å²) in [5, 5.41) is 0. The number of carbonyl (C=O) groups excluding carboxylic acids is 3. The Morgan fingerprint density at radius 1 is 1.04 bits per heavy atom. The maximum absolute atomic E-state index is 13.1. The summed E-state index contributed by atoms with van der Waals surface area (Å²) in [6.07, 6.45) is 11.0. The predicted molar refractivity (Wildman–Crippen MR) is 163 cm³/mol. The van der Waals surface area contributed by atoms with Gasteiger partial charge < -0.3 is 37.9 Å². The van der Waals surface area contributed by atoms with Crippen LogP contribution in [0.15, 0.2) is 60.3 Å². The van der Waals surface area contributed by atoms with E-state index in [1.54, 1.807) is 18.2 Å². The number of hydrogen-bond donors (Lipinski definition) is 0. The fourth-order valence-corrected chi connectivity index (χ4v) is 5.97. The van der Waals surface area contributed by atoms with E-state index in [9.17, 15) is 14.4 Å². The molecular weight excluding hydrogens is 584 g/mol. The fraction of sp³-hybridized carbons (Fsp3) is 0.618. The van der Waals surface area contributed by atoms with Crippen LogP contribution < -0.4 is 0 Å². The average Bonchev–Trinajstić information content (AvgIpc) is 3.77. The van der Waals surface area contributed by atoms with Gasteiger partial charge in [-0.05, 0) is 51.0 Å². The second-order valence-electron chi connectivity index (χ2n) is 12.1. The molecule has 9 atom stereocenters. The van der Waals surface area contributed by atoms with E-state index in [0.717, 1.165) is 24.8 Å². The van der Waals surface area contributed by atoms with Gasteiger partial charge in [-0.3, -0.25) is 0 Å². The summed E-state index contributed by atoms with van der Waals surface area (Å²) < 4.78 is 44.7. The van der Waals surface area contributed by atoms with Crippen LogP contribution in [-0.2, 0) is 42.7 Å². The minimum absolute atomic E-state index is 0.0418. The first kappa shape index (κ1) is 34.5. The van der Waals surface area contributed by atoms with Crippen LogP contribution >= 0.6 is 0 Å². The molecule has 0 spiro atoms. The molecule has 0 amide bonds. The number of hydrogen-bond acceptors (Lipinski definition) is 11. The zero-order valence-corrected chi connectivity index (χ0v) is 26.6. The van der Waals surface area contributed by atoms with Crippen molar-refractivity contribution in [2.24, 2.45) is 5.92 Å². The number of ether oxygens (including phenoxy) is 8. The number of carbonyl (C=O) groups is 3. The maximum Gasteiger partial charge on any atom is 0.508 e. The Morgan fingerprint density at radius 2 is 1.84 bits per heavy atom. The molecule has 0 radical (unpaired) electrons. The van der Waals surface area contributed by atoms with Crippen LogP contribution in [0, 0.1) is 5.92 Å². The van der Waals surface area contributed by atoms with Crippen molar-refractivity contribution in [2.45, 2.75) is 108 Å². The Hall–Kier alpha value is -3.41. The normalized spacial score (nSPS) is 33.5. The quantitative estimate of drug-likeness (QED) is 0.161. The smallest absolute Gasteiger partial charge is 0.455 e. The summed E-state index contributed by atoms with van der Waals surface area (Å²) in [6, 6.07) is 0. The first-order valence-electron chi connectivity index (χ1n) is 15.6. The Morgan fingerprint density at radius 3 is 2.60 bits per heavy atom. The highest BCUT2D eigenvalue weighted by atomic mass is 16.7. The van der Waals surface area contributed by atoms with Crippen molar-refractivity contribution in [1.82, 2.24) is 0 Å². The first-order chi connectivity index (χ1) is 21.6. The molecule has 2 bridgehead atoms. The van der Waals surface area contributed by atoms with Crippen LogP contribution in [0.25, 0.3) is 0 Å². The van der Waals surface area contributed by atoms with E-state index in [0.29, 0.717) is 25.9 Å². The number of epoxide rings is 1. The van der Waals surface area contributed by atoms with Crippen molar-refractivity contribution < 1.29 is 52.3 Å². The summed E-state index contributed by atoms with van der Waals surface area (Å²) >= 11 is 0. The molecule has 0 aliphatic carbocycles. The van der Waals surface area contributed by atoms with Gasteiger partial charge in [0.1, 0.15) is 18.3 Å². The molecule has 0 aromatic heterocycles. The number of methoxy groups -OCH3 is 2. The minimum Gasteiger partial charge on any atom is -0.455 e. The monoisotopic (exact) mass is 630 g/mol. The van der Waals surface area contributed by atoms with E-state index < -0.39 is 48.8 Å². The SMILES string of the molecule is C=C1CC(OC(=O)OC)[C@@H]2O[C@H]2C[C@@H]([C@H](C=C[C@@H]2CC(C)=CCO2)OC(=O)OC)OC(=O)C=CC[C@@H]2C=CC[C@@H](C[C@@H](C)C1)O2. The van der Waals surface area contributed by atoms with Crippen molar-refractivity contribution in [3.63, 3.8) is 0 Å². The highest BCUT2D eigenvalue weighted by Crippen LogP contribution is 2.37. The second kappa shape index (κ2) is 16.8. The summed E-state index contributed by atoms with van der Waals surface area (Å²) in [5.41, 5.74) is 2.09. The Bertz CT molecular complexity index is 1170. The molecule has 0 N–H and O–H groups in total. The lowest BCUT2D eigenvalue weighted by Crippen LogP contribution is -2.36.